The van der Waals surface area contributed by atoms with Crippen LogP contribution in [-0.2, 0) is 30.4 Å². The van der Waals surface area contributed by atoms with Crippen LogP contribution >= 0.6 is 0 Å². The number of amides is 1. The molecule has 29 heavy (non-hydrogen) atoms. The van der Waals surface area contributed by atoms with Crippen LogP contribution in [0.15, 0.2) is 60.7 Å². The predicted molar refractivity (Wildman–Crippen MR) is 105 cm³/mol. The molecule has 1 aliphatic heterocycles. The van der Waals surface area contributed by atoms with Crippen molar-refractivity contribution >= 4 is 17.8 Å². The lowest BCUT2D eigenvalue weighted by atomic mass is 10.1. The number of benzene rings is 2. The van der Waals surface area contributed by atoms with Gasteiger partial charge in [0.25, 0.3) is 5.91 Å². The highest BCUT2D eigenvalue weighted by Crippen LogP contribution is 2.27. The second-order valence-electron chi connectivity index (χ2n) is 6.64. The molecule has 3 rings (SSSR count). The minimum Gasteiger partial charge on any atom is -0.455 e. The monoisotopic (exact) mass is 391 g/mol. The van der Waals surface area contributed by atoms with Crippen LogP contribution in [0.4, 0.5) is 0 Å². The molecule has 0 spiro atoms. The molecule has 1 fully saturated rings. The second-order valence-corrected chi connectivity index (χ2v) is 6.64. The van der Waals surface area contributed by atoms with E-state index in [1.807, 2.05) is 60.7 Å². The highest BCUT2D eigenvalue weighted by Gasteiger charge is 2.51. The van der Waals surface area contributed by atoms with E-state index in [-0.39, 0.29) is 6.54 Å². The Morgan fingerprint density at radius 1 is 0.931 bits per heavy atom. The molecule has 1 unspecified atom stereocenters. The van der Waals surface area contributed by atoms with Crippen LogP contribution in [0, 0.1) is 11.8 Å². The van der Waals surface area contributed by atoms with E-state index in [4.69, 9.17) is 9.47 Å². The number of carbonyl (C=O) groups is 3. The maximum absolute atomic E-state index is 13.0. The third kappa shape index (κ3) is 5.02. The van der Waals surface area contributed by atoms with E-state index in [9.17, 15) is 14.4 Å². The summed E-state index contributed by atoms with van der Waals surface area (Å²) in [5, 5.41) is 0. The third-order valence-corrected chi connectivity index (χ3v) is 4.40. The smallest absolute Gasteiger partial charge is 0.303 e. The topological polar surface area (TPSA) is 72.9 Å². The lowest BCUT2D eigenvalue weighted by molar-refractivity contribution is -0.165. The van der Waals surface area contributed by atoms with Crippen LogP contribution in [-0.4, -0.2) is 41.0 Å². The van der Waals surface area contributed by atoms with E-state index in [2.05, 4.69) is 11.8 Å². The molecule has 1 saturated heterocycles. The van der Waals surface area contributed by atoms with Crippen molar-refractivity contribution in [2.75, 3.05) is 0 Å². The Morgan fingerprint density at radius 2 is 1.52 bits per heavy atom. The van der Waals surface area contributed by atoms with Crippen molar-refractivity contribution in [2.24, 2.45) is 0 Å². The van der Waals surface area contributed by atoms with Gasteiger partial charge in [0.05, 0.1) is 0 Å². The maximum atomic E-state index is 13.0. The molecule has 1 heterocycles. The Bertz CT molecular complexity index is 945. The Hall–Kier alpha value is -3.59. The van der Waals surface area contributed by atoms with E-state index in [1.165, 1.54) is 18.7 Å². The fourth-order valence-corrected chi connectivity index (χ4v) is 3.19. The van der Waals surface area contributed by atoms with Crippen molar-refractivity contribution in [3.8, 4) is 11.8 Å². The van der Waals surface area contributed by atoms with Crippen molar-refractivity contribution in [3.05, 3.63) is 71.8 Å². The van der Waals surface area contributed by atoms with E-state index in [0.29, 0.717) is 0 Å². The zero-order valence-electron chi connectivity index (χ0n) is 16.2. The number of likely N-dealkylation sites (tertiary alicyclic amines) is 1. The number of hydrogen-bond acceptors (Lipinski definition) is 5. The van der Waals surface area contributed by atoms with Crippen LogP contribution < -0.4 is 0 Å². The number of nitrogens with zero attached hydrogens (tertiary/aromatic N) is 1. The summed E-state index contributed by atoms with van der Waals surface area (Å²) in [4.78, 5) is 37.8. The largest absolute Gasteiger partial charge is 0.455 e. The average Bonchev–Trinajstić information content (AvgIpc) is 2.92. The molecule has 0 radical (unpaired) electrons. The molecule has 1 aliphatic rings. The van der Waals surface area contributed by atoms with Crippen LogP contribution in [0.25, 0.3) is 0 Å². The second kappa shape index (κ2) is 9.07. The summed E-state index contributed by atoms with van der Waals surface area (Å²) < 4.78 is 10.6. The first kappa shape index (κ1) is 20.2. The lowest BCUT2D eigenvalue weighted by Gasteiger charge is -2.23. The Kier molecular flexibility index (Phi) is 6.30. The molecule has 2 aromatic rings. The molecule has 0 bridgehead atoms. The van der Waals surface area contributed by atoms with Gasteiger partial charge in [0.1, 0.15) is 6.04 Å². The lowest BCUT2D eigenvalue weighted by Crippen LogP contribution is -2.38. The molecule has 0 saturated carbocycles. The molecule has 1 amide bonds. The molecule has 148 valence electrons. The normalized spacial score (nSPS) is 20.6. The van der Waals surface area contributed by atoms with Crippen molar-refractivity contribution in [3.63, 3.8) is 0 Å². The van der Waals surface area contributed by atoms with Crippen molar-refractivity contribution in [2.45, 2.75) is 38.6 Å². The molecule has 0 aliphatic carbocycles. The van der Waals surface area contributed by atoms with Crippen LogP contribution in [0.5, 0.6) is 0 Å². The van der Waals surface area contributed by atoms with E-state index in [0.717, 1.165) is 11.1 Å². The van der Waals surface area contributed by atoms with Crippen molar-refractivity contribution in [1.29, 1.82) is 0 Å². The molecule has 2 aromatic carbocycles. The number of rotatable bonds is 4. The third-order valence-electron chi connectivity index (χ3n) is 4.40. The summed E-state index contributed by atoms with van der Waals surface area (Å²) in [5.74, 6) is 4.42. The molecule has 0 N–H and O–H groups in total. The van der Waals surface area contributed by atoms with E-state index in [1.54, 1.807) is 0 Å². The van der Waals surface area contributed by atoms with Crippen molar-refractivity contribution in [1.82, 2.24) is 4.90 Å². The summed E-state index contributed by atoms with van der Waals surface area (Å²) in [7, 11) is 0. The van der Waals surface area contributed by atoms with Gasteiger partial charge in [0.15, 0.2) is 6.10 Å². The van der Waals surface area contributed by atoms with Crippen LogP contribution in [0.1, 0.15) is 25.0 Å². The van der Waals surface area contributed by atoms with Gasteiger partial charge in [0.2, 0.25) is 6.10 Å². The number of hydrogen-bond donors (Lipinski definition) is 0. The first-order valence-electron chi connectivity index (χ1n) is 9.21. The maximum Gasteiger partial charge on any atom is 0.303 e. The fraction of sp³-hybridized carbons (Fsp3) is 0.261. The first-order chi connectivity index (χ1) is 14.0. The van der Waals surface area contributed by atoms with Gasteiger partial charge in [-0.2, -0.15) is 0 Å². The Morgan fingerprint density at radius 3 is 2.10 bits per heavy atom. The zero-order chi connectivity index (χ0) is 20.8. The number of esters is 2. The quantitative estimate of drug-likeness (QED) is 0.591. The molecule has 6 heteroatoms. The number of carbonyl (C=O) groups excluding carboxylic acids is 3. The summed E-state index contributed by atoms with van der Waals surface area (Å²) in [6, 6.07) is 17.9. The summed E-state index contributed by atoms with van der Waals surface area (Å²) in [5.41, 5.74) is 1.65. The van der Waals surface area contributed by atoms with Gasteiger partial charge in [0, 0.05) is 26.0 Å². The van der Waals surface area contributed by atoms with E-state index < -0.39 is 36.1 Å². The Labute approximate surface area is 169 Å². The van der Waals surface area contributed by atoms with Gasteiger partial charge >= 0.3 is 11.9 Å². The molecule has 3 atom stereocenters. The molecular formula is C23H21NO5. The highest BCUT2D eigenvalue weighted by molar-refractivity contribution is 5.88. The van der Waals surface area contributed by atoms with Gasteiger partial charge in [-0.25, -0.2) is 0 Å². The molecule has 6 nitrogen and oxygen atoms in total. The Balaban J connectivity index is 1.99. The van der Waals surface area contributed by atoms with Gasteiger partial charge < -0.3 is 14.4 Å². The van der Waals surface area contributed by atoms with Crippen LogP contribution in [0.2, 0.25) is 0 Å². The summed E-state index contributed by atoms with van der Waals surface area (Å²) in [6.45, 7) is 2.71. The minimum absolute atomic E-state index is 0.253. The predicted octanol–water partition coefficient (Wildman–Crippen LogP) is 2.31. The standard InChI is InChI=1S/C23H21NO5/c1-16(25)28-21-20(14-13-18-9-5-3-6-10-18)24(15-19-11-7-4-8-12-19)23(27)22(21)29-17(2)26/h3-12,20-22H,15H2,1-2H3/t20?,21-,22+/m0/s1. The van der Waals surface area contributed by atoms with Crippen LogP contribution in [0.3, 0.4) is 0 Å². The SMILES string of the molecule is CC(=O)O[C@H]1C(=O)N(Cc2ccccc2)C(C#Cc2ccccc2)[C@@H]1OC(C)=O. The average molecular weight is 391 g/mol. The van der Waals surface area contributed by atoms with Gasteiger partial charge in [-0.05, 0) is 17.7 Å². The summed E-state index contributed by atoms with van der Waals surface area (Å²) in [6.07, 6.45) is -2.24. The summed E-state index contributed by atoms with van der Waals surface area (Å²) >= 11 is 0. The zero-order valence-corrected chi connectivity index (χ0v) is 16.2. The fourth-order valence-electron chi connectivity index (χ4n) is 3.19. The van der Waals surface area contributed by atoms with Gasteiger partial charge in [-0.15, -0.1) is 0 Å². The van der Waals surface area contributed by atoms with Gasteiger partial charge in [-0.1, -0.05) is 60.4 Å². The molecular weight excluding hydrogens is 370 g/mol. The van der Waals surface area contributed by atoms with Crippen molar-refractivity contribution < 1.29 is 23.9 Å². The highest BCUT2D eigenvalue weighted by atomic mass is 16.6. The first-order valence-corrected chi connectivity index (χ1v) is 9.21. The minimum atomic E-state index is -1.23. The van der Waals surface area contributed by atoms with Gasteiger partial charge in [-0.3, -0.25) is 14.4 Å². The molecule has 0 aromatic heterocycles. The number of ether oxygens (including phenoxy) is 2. The van der Waals surface area contributed by atoms with E-state index >= 15 is 0 Å².